The Morgan fingerprint density at radius 3 is 2.81 bits per heavy atom. The maximum Gasteiger partial charge on any atom is 0.0238 e. The Morgan fingerprint density at radius 2 is 2.00 bits per heavy atom. The highest BCUT2D eigenvalue weighted by molar-refractivity contribution is 5.14. The van der Waals surface area contributed by atoms with Gasteiger partial charge in [-0.15, -0.1) is 0 Å². The molecular weight excluding hydrogens is 258 g/mol. The van der Waals surface area contributed by atoms with Gasteiger partial charge in [-0.05, 0) is 43.8 Å². The first kappa shape index (κ1) is 13.7. The number of fused-ring (bicyclic) bond motifs is 1. The monoisotopic (exact) mass is 285 g/mol. The summed E-state index contributed by atoms with van der Waals surface area (Å²) < 4.78 is 0. The van der Waals surface area contributed by atoms with E-state index in [9.17, 15) is 0 Å². The molecule has 0 bridgehead atoms. The molecule has 1 N–H and O–H groups in total. The lowest BCUT2D eigenvalue weighted by Crippen LogP contribution is -2.42. The normalized spacial score (nSPS) is 37.2. The molecule has 4 atom stereocenters. The molecule has 4 rings (SSSR count). The topological polar surface area (TPSA) is 18.5 Å². The van der Waals surface area contributed by atoms with Crippen LogP contribution in [0.3, 0.4) is 0 Å². The Bertz CT molecular complexity index is 475. The van der Waals surface area contributed by atoms with Crippen molar-refractivity contribution in [1.29, 1.82) is 0 Å². The third kappa shape index (κ3) is 2.63. The number of likely N-dealkylation sites (tertiary alicyclic amines) is 2. The molecule has 0 spiro atoms. The van der Waals surface area contributed by atoms with E-state index in [2.05, 4.69) is 52.4 Å². The fourth-order valence-corrected chi connectivity index (χ4v) is 4.75. The quantitative estimate of drug-likeness (QED) is 0.913. The van der Waals surface area contributed by atoms with E-state index in [4.69, 9.17) is 0 Å². The molecule has 3 aliphatic heterocycles. The molecule has 1 aromatic rings. The molecule has 3 nitrogen and oxygen atoms in total. The van der Waals surface area contributed by atoms with E-state index in [-0.39, 0.29) is 0 Å². The Labute approximate surface area is 128 Å². The van der Waals surface area contributed by atoms with Crippen LogP contribution in [-0.2, 0) is 6.54 Å². The van der Waals surface area contributed by atoms with E-state index < -0.39 is 0 Å². The van der Waals surface area contributed by atoms with Gasteiger partial charge >= 0.3 is 0 Å². The molecule has 114 valence electrons. The average molecular weight is 285 g/mol. The summed E-state index contributed by atoms with van der Waals surface area (Å²) in [6, 6.07) is 12.5. The zero-order valence-electron chi connectivity index (χ0n) is 13.0. The van der Waals surface area contributed by atoms with Crippen LogP contribution >= 0.6 is 0 Å². The van der Waals surface area contributed by atoms with Gasteiger partial charge in [0.25, 0.3) is 0 Å². The Balaban J connectivity index is 1.36. The van der Waals surface area contributed by atoms with Crippen molar-refractivity contribution < 1.29 is 0 Å². The van der Waals surface area contributed by atoms with Crippen LogP contribution < -0.4 is 5.32 Å². The second-order valence-corrected chi connectivity index (χ2v) is 7.18. The minimum absolute atomic E-state index is 0.770. The van der Waals surface area contributed by atoms with Gasteiger partial charge in [0.15, 0.2) is 0 Å². The summed E-state index contributed by atoms with van der Waals surface area (Å²) in [5.41, 5.74) is 1.45. The molecule has 3 heteroatoms. The predicted molar refractivity (Wildman–Crippen MR) is 86.1 cm³/mol. The molecule has 3 saturated heterocycles. The number of nitrogens with one attached hydrogen (secondary N) is 1. The van der Waals surface area contributed by atoms with Gasteiger partial charge in [0.05, 0.1) is 0 Å². The number of rotatable bonds is 3. The molecule has 3 fully saturated rings. The van der Waals surface area contributed by atoms with Gasteiger partial charge in [0.2, 0.25) is 0 Å². The van der Waals surface area contributed by atoms with Gasteiger partial charge in [0, 0.05) is 38.3 Å². The number of benzene rings is 1. The Hall–Kier alpha value is -0.900. The van der Waals surface area contributed by atoms with E-state index >= 15 is 0 Å². The van der Waals surface area contributed by atoms with Crippen LogP contribution in [0.2, 0.25) is 0 Å². The lowest BCUT2D eigenvalue weighted by atomic mass is 9.95. The minimum atomic E-state index is 0.770. The van der Waals surface area contributed by atoms with Gasteiger partial charge in [-0.25, -0.2) is 0 Å². The van der Waals surface area contributed by atoms with Crippen molar-refractivity contribution in [3.05, 3.63) is 35.9 Å². The lowest BCUT2D eigenvalue weighted by Gasteiger charge is -2.30. The van der Waals surface area contributed by atoms with E-state index in [0.29, 0.717) is 0 Å². The standard InChI is InChI=1S/C18H27N3/c1-14-18-10-19-9-16(18)12-21(14)17-7-8-20(13-17)11-15-5-3-2-4-6-15/h2-6,14,16-19H,7-13H2,1H3. The molecule has 0 aromatic heterocycles. The van der Waals surface area contributed by atoms with Crippen LogP contribution in [-0.4, -0.2) is 54.6 Å². The Kier molecular flexibility index (Phi) is 3.74. The molecule has 0 saturated carbocycles. The van der Waals surface area contributed by atoms with Crippen LogP contribution in [0.4, 0.5) is 0 Å². The van der Waals surface area contributed by atoms with Crippen molar-refractivity contribution in [3.8, 4) is 0 Å². The summed E-state index contributed by atoms with van der Waals surface area (Å²) in [4.78, 5) is 5.46. The van der Waals surface area contributed by atoms with Crippen LogP contribution in [0.25, 0.3) is 0 Å². The summed E-state index contributed by atoms with van der Waals surface area (Å²) >= 11 is 0. The molecule has 1 aromatic carbocycles. The number of hydrogen-bond acceptors (Lipinski definition) is 3. The fraction of sp³-hybridized carbons (Fsp3) is 0.667. The zero-order valence-corrected chi connectivity index (χ0v) is 13.0. The van der Waals surface area contributed by atoms with Crippen molar-refractivity contribution in [2.75, 3.05) is 32.7 Å². The maximum atomic E-state index is 3.57. The van der Waals surface area contributed by atoms with Gasteiger partial charge in [0.1, 0.15) is 0 Å². The van der Waals surface area contributed by atoms with Crippen LogP contribution in [0.15, 0.2) is 30.3 Å². The largest absolute Gasteiger partial charge is 0.316 e. The summed E-state index contributed by atoms with van der Waals surface area (Å²) in [7, 11) is 0. The molecule has 0 amide bonds. The predicted octanol–water partition coefficient (Wildman–Crippen LogP) is 1.80. The van der Waals surface area contributed by atoms with Gasteiger partial charge in [-0.1, -0.05) is 30.3 Å². The summed E-state index contributed by atoms with van der Waals surface area (Å²) in [5, 5.41) is 3.57. The first-order chi connectivity index (χ1) is 10.3. The second-order valence-electron chi connectivity index (χ2n) is 7.18. The maximum absolute atomic E-state index is 3.57. The van der Waals surface area contributed by atoms with E-state index in [0.717, 1.165) is 30.5 Å². The Morgan fingerprint density at radius 1 is 1.14 bits per heavy atom. The van der Waals surface area contributed by atoms with E-state index in [1.807, 2.05) is 0 Å². The van der Waals surface area contributed by atoms with Gasteiger partial charge in [-0.2, -0.15) is 0 Å². The van der Waals surface area contributed by atoms with Crippen molar-refractivity contribution in [2.45, 2.75) is 32.0 Å². The van der Waals surface area contributed by atoms with E-state index in [1.54, 1.807) is 0 Å². The molecule has 21 heavy (non-hydrogen) atoms. The second kappa shape index (κ2) is 5.71. The van der Waals surface area contributed by atoms with Crippen molar-refractivity contribution in [3.63, 3.8) is 0 Å². The molecular formula is C18H27N3. The average Bonchev–Trinajstić information content (AvgIpc) is 3.18. The molecule has 3 aliphatic rings. The van der Waals surface area contributed by atoms with E-state index in [1.165, 1.54) is 44.7 Å². The van der Waals surface area contributed by atoms with Gasteiger partial charge < -0.3 is 5.32 Å². The van der Waals surface area contributed by atoms with Crippen LogP contribution in [0, 0.1) is 11.8 Å². The molecule has 0 aliphatic carbocycles. The highest BCUT2D eigenvalue weighted by Crippen LogP contribution is 2.35. The minimum Gasteiger partial charge on any atom is -0.316 e. The highest BCUT2D eigenvalue weighted by Gasteiger charge is 2.45. The van der Waals surface area contributed by atoms with Crippen molar-refractivity contribution >= 4 is 0 Å². The number of nitrogens with zero attached hydrogens (tertiary/aromatic N) is 2. The van der Waals surface area contributed by atoms with Crippen molar-refractivity contribution in [2.24, 2.45) is 11.8 Å². The highest BCUT2D eigenvalue weighted by atomic mass is 15.3. The summed E-state index contributed by atoms with van der Waals surface area (Å²) in [6.07, 6.45) is 1.35. The zero-order chi connectivity index (χ0) is 14.2. The fourth-order valence-electron chi connectivity index (χ4n) is 4.75. The van der Waals surface area contributed by atoms with Crippen LogP contribution in [0.5, 0.6) is 0 Å². The SMILES string of the molecule is CC1C2CNCC2CN1C1CCN(Cc2ccccc2)C1. The van der Waals surface area contributed by atoms with Crippen molar-refractivity contribution in [1.82, 2.24) is 15.1 Å². The third-order valence-electron chi connectivity index (χ3n) is 5.95. The first-order valence-corrected chi connectivity index (χ1v) is 8.54. The summed E-state index contributed by atoms with van der Waals surface area (Å²) in [5.74, 6) is 1.80. The smallest absolute Gasteiger partial charge is 0.0238 e. The molecule has 0 radical (unpaired) electrons. The summed E-state index contributed by atoms with van der Waals surface area (Å²) in [6.45, 7) is 9.89. The molecule has 4 unspecified atom stereocenters. The lowest BCUT2D eigenvalue weighted by molar-refractivity contribution is 0.167. The van der Waals surface area contributed by atoms with Crippen LogP contribution in [0.1, 0.15) is 18.9 Å². The number of hydrogen-bond donors (Lipinski definition) is 1. The molecule has 3 heterocycles. The first-order valence-electron chi connectivity index (χ1n) is 8.54. The third-order valence-corrected chi connectivity index (χ3v) is 5.95. The van der Waals surface area contributed by atoms with Gasteiger partial charge in [-0.3, -0.25) is 9.80 Å².